The van der Waals surface area contributed by atoms with Crippen molar-refractivity contribution in [2.45, 2.75) is 51.6 Å². The third-order valence-electron chi connectivity index (χ3n) is 7.57. The molecule has 4 nitrogen and oxygen atoms in total. The Kier molecular flexibility index (Phi) is 5.65. The number of nitrogens with zero attached hydrogens (tertiary/aromatic N) is 2. The lowest BCUT2D eigenvalue weighted by Gasteiger charge is -2.31. The van der Waals surface area contributed by atoms with Crippen LogP contribution in [-0.2, 0) is 25.8 Å². The van der Waals surface area contributed by atoms with Gasteiger partial charge in [0.25, 0.3) is 0 Å². The Bertz CT molecular complexity index is 1370. The Labute approximate surface area is 207 Å². The summed E-state index contributed by atoms with van der Waals surface area (Å²) in [5.41, 5.74) is 9.43. The van der Waals surface area contributed by atoms with Crippen molar-refractivity contribution in [3.8, 4) is 5.69 Å². The molecule has 1 aliphatic carbocycles. The van der Waals surface area contributed by atoms with Crippen LogP contribution in [0.25, 0.3) is 5.69 Å². The molecule has 0 saturated carbocycles. The second-order valence-corrected chi connectivity index (χ2v) is 9.64. The molecule has 1 aliphatic heterocycles. The molecule has 4 heteroatoms. The Morgan fingerprint density at radius 1 is 0.886 bits per heavy atom. The SMILES string of the molecule is CCc1ccc([C@@H]2c3cccn3-c3ccccc3CN2C(=O)Nc2cccc3c2CCCC3)cc1. The first-order valence-electron chi connectivity index (χ1n) is 12.8. The highest BCUT2D eigenvalue weighted by Gasteiger charge is 2.33. The van der Waals surface area contributed by atoms with Crippen LogP contribution in [0.1, 0.15) is 59.3 Å². The van der Waals surface area contributed by atoms with E-state index in [1.807, 2.05) is 4.90 Å². The lowest BCUT2D eigenvalue weighted by atomic mass is 9.90. The van der Waals surface area contributed by atoms with Crippen molar-refractivity contribution in [3.63, 3.8) is 0 Å². The van der Waals surface area contributed by atoms with Gasteiger partial charge in [-0.2, -0.15) is 0 Å². The van der Waals surface area contributed by atoms with E-state index in [2.05, 4.69) is 102 Å². The normalized spacial score (nSPS) is 16.6. The highest BCUT2D eigenvalue weighted by Crippen LogP contribution is 2.37. The predicted molar refractivity (Wildman–Crippen MR) is 141 cm³/mol. The van der Waals surface area contributed by atoms with Crippen molar-refractivity contribution >= 4 is 11.7 Å². The van der Waals surface area contributed by atoms with Crippen LogP contribution in [-0.4, -0.2) is 15.5 Å². The molecule has 2 aliphatic rings. The van der Waals surface area contributed by atoms with E-state index in [0.717, 1.165) is 47.5 Å². The van der Waals surface area contributed by atoms with Crippen LogP contribution in [0.5, 0.6) is 0 Å². The summed E-state index contributed by atoms with van der Waals surface area (Å²) in [5, 5.41) is 3.32. The van der Waals surface area contributed by atoms with Crippen LogP contribution >= 0.6 is 0 Å². The zero-order chi connectivity index (χ0) is 23.8. The van der Waals surface area contributed by atoms with E-state index in [-0.39, 0.29) is 12.1 Å². The molecule has 0 fully saturated rings. The van der Waals surface area contributed by atoms with Crippen molar-refractivity contribution in [2.24, 2.45) is 0 Å². The number of anilines is 1. The molecule has 6 rings (SSSR count). The van der Waals surface area contributed by atoms with Crippen LogP contribution < -0.4 is 5.32 Å². The first-order valence-corrected chi connectivity index (χ1v) is 12.8. The summed E-state index contributed by atoms with van der Waals surface area (Å²) >= 11 is 0. The van der Waals surface area contributed by atoms with Crippen molar-refractivity contribution in [1.29, 1.82) is 0 Å². The zero-order valence-electron chi connectivity index (χ0n) is 20.2. The van der Waals surface area contributed by atoms with E-state index in [9.17, 15) is 4.79 Å². The first kappa shape index (κ1) is 21.7. The van der Waals surface area contributed by atoms with Crippen LogP contribution in [0.2, 0.25) is 0 Å². The Morgan fingerprint density at radius 3 is 2.54 bits per heavy atom. The van der Waals surface area contributed by atoms with Crippen LogP contribution in [0.4, 0.5) is 10.5 Å². The van der Waals surface area contributed by atoms with Gasteiger partial charge in [-0.15, -0.1) is 0 Å². The number of carbonyl (C=O) groups is 1. The van der Waals surface area contributed by atoms with Gasteiger partial charge in [0.1, 0.15) is 0 Å². The van der Waals surface area contributed by atoms with Gasteiger partial charge in [0, 0.05) is 17.6 Å². The molecule has 35 heavy (non-hydrogen) atoms. The van der Waals surface area contributed by atoms with Gasteiger partial charge < -0.3 is 14.8 Å². The minimum absolute atomic E-state index is 0.0574. The monoisotopic (exact) mass is 461 g/mol. The number of fused-ring (bicyclic) bond motifs is 4. The molecular weight excluding hydrogens is 430 g/mol. The summed E-state index contributed by atoms with van der Waals surface area (Å²) in [7, 11) is 0. The molecule has 0 spiro atoms. The van der Waals surface area contributed by atoms with Crippen LogP contribution in [0.15, 0.2) is 85.1 Å². The largest absolute Gasteiger partial charge is 0.322 e. The molecule has 0 bridgehead atoms. The number of rotatable bonds is 3. The van der Waals surface area contributed by atoms with E-state index >= 15 is 0 Å². The second kappa shape index (κ2) is 9.10. The topological polar surface area (TPSA) is 37.3 Å². The molecule has 176 valence electrons. The van der Waals surface area contributed by atoms with Gasteiger partial charge in [-0.25, -0.2) is 4.79 Å². The number of nitrogens with one attached hydrogen (secondary N) is 1. The van der Waals surface area contributed by atoms with Crippen molar-refractivity contribution in [2.75, 3.05) is 5.32 Å². The summed E-state index contributed by atoms with van der Waals surface area (Å²) in [6, 6.07) is 27.4. The first-order chi connectivity index (χ1) is 17.2. The number of aryl methyl sites for hydroxylation is 2. The molecule has 2 heterocycles. The Hall–Kier alpha value is -3.79. The number of hydrogen-bond acceptors (Lipinski definition) is 1. The fourth-order valence-corrected chi connectivity index (χ4v) is 5.71. The third kappa shape index (κ3) is 3.93. The quantitative estimate of drug-likeness (QED) is 0.348. The van der Waals surface area contributed by atoms with Gasteiger partial charge in [0.15, 0.2) is 0 Å². The summed E-state index contributed by atoms with van der Waals surface area (Å²) < 4.78 is 2.24. The molecular formula is C31H31N3O. The van der Waals surface area contributed by atoms with E-state index < -0.39 is 0 Å². The number of carbonyl (C=O) groups excluding carboxylic acids is 1. The average molecular weight is 462 g/mol. The van der Waals surface area contributed by atoms with Crippen LogP contribution in [0, 0.1) is 0 Å². The van der Waals surface area contributed by atoms with Crippen LogP contribution in [0.3, 0.4) is 0 Å². The fraction of sp³-hybridized carbons (Fsp3) is 0.258. The number of amides is 2. The Morgan fingerprint density at radius 2 is 1.69 bits per heavy atom. The molecule has 0 unspecified atom stereocenters. The van der Waals surface area contributed by atoms with E-state index in [0.29, 0.717) is 6.54 Å². The standard InChI is InChI=1S/C31H31N3O/c1-2-22-16-18-24(19-17-22)30-29-15-8-20-33(29)28-14-6-4-10-25(28)21-34(30)31(35)32-27-13-7-11-23-9-3-5-12-26(23)27/h4,6-8,10-11,13-20,30H,2-3,5,9,12,21H2,1H3,(H,32,35)/t30-/m1/s1. The predicted octanol–water partition coefficient (Wildman–Crippen LogP) is 7.06. The van der Waals surface area contributed by atoms with Gasteiger partial charge in [-0.1, -0.05) is 61.5 Å². The lowest BCUT2D eigenvalue weighted by Crippen LogP contribution is -2.38. The zero-order valence-corrected chi connectivity index (χ0v) is 20.2. The second-order valence-electron chi connectivity index (χ2n) is 9.64. The highest BCUT2D eigenvalue weighted by molar-refractivity contribution is 5.91. The smallest absolute Gasteiger partial charge is 0.318 e. The van der Waals surface area contributed by atoms with Gasteiger partial charge in [-0.3, -0.25) is 0 Å². The lowest BCUT2D eigenvalue weighted by molar-refractivity contribution is 0.194. The molecule has 1 N–H and O–H groups in total. The summed E-state index contributed by atoms with van der Waals surface area (Å²) in [4.78, 5) is 16.1. The number of benzene rings is 3. The summed E-state index contributed by atoms with van der Waals surface area (Å²) in [6.45, 7) is 2.71. The summed E-state index contributed by atoms with van der Waals surface area (Å²) in [5.74, 6) is 0. The molecule has 3 aromatic carbocycles. The van der Waals surface area contributed by atoms with Crippen molar-refractivity contribution in [3.05, 3.63) is 119 Å². The van der Waals surface area contributed by atoms with Gasteiger partial charge in [0.2, 0.25) is 0 Å². The number of urea groups is 1. The summed E-state index contributed by atoms with van der Waals surface area (Å²) in [6.07, 6.45) is 7.62. The Balaban J connectivity index is 1.44. The van der Waals surface area contributed by atoms with E-state index in [1.165, 1.54) is 29.5 Å². The molecule has 0 saturated heterocycles. The minimum Gasteiger partial charge on any atom is -0.318 e. The average Bonchev–Trinajstić information content (AvgIpc) is 3.33. The molecule has 1 aromatic heterocycles. The number of aromatic nitrogens is 1. The minimum atomic E-state index is -0.192. The number of hydrogen-bond donors (Lipinski definition) is 1. The molecule has 4 aromatic rings. The maximum absolute atomic E-state index is 14.1. The third-order valence-corrected chi connectivity index (χ3v) is 7.57. The molecule has 1 atom stereocenters. The fourth-order valence-electron chi connectivity index (χ4n) is 5.71. The highest BCUT2D eigenvalue weighted by atomic mass is 16.2. The van der Waals surface area contributed by atoms with Gasteiger partial charge >= 0.3 is 6.03 Å². The number of para-hydroxylation sites is 1. The maximum atomic E-state index is 14.1. The van der Waals surface area contributed by atoms with E-state index in [4.69, 9.17) is 0 Å². The molecule has 2 amide bonds. The molecule has 0 radical (unpaired) electrons. The van der Waals surface area contributed by atoms with E-state index in [1.54, 1.807) is 0 Å². The maximum Gasteiger partial charge on any atom is 0.322 e. The van der Waals surface area contributed by atoms with Crippen molar-refractivity contribution in [1.82, 2.24) is 9.47 Å². The van der Waals surface area contributed by atoms with Crippen molar-refractivity contribution < 1.29 is 4.79 Å². The van der Waals surface area contributed by atoms with Gasteiger partial charge in [0.05, 0.1) is 18.3 Å². The van der Waals surface area contributed by atoms with Gasteiger partial charge in [-0.05, 0) is 84.2 Å².